The first-order valence-corrected chi connectivity index (χ1v) is 8.03. The zero-order valence-electron chi connectivity index (χ0n) is 13.0. The summed E-state index contributed by atoms with van der Waals surface area (Å²) in [6.45, 7) is 9.17. The summed E-state index contributed by atoms with van der Waals surface area (Å²) in [6, 6.07) is 0. The Bertz CT molecular complexity index is 656. The molecule has 1 N–H and O–H groups in total. The third-order valence-corrected chi connectivity index (χ3v) is 3.85. The number of nitrogens with zero attached hydrogens (tertiary/aromatic N) is 2. The van der Waals surface area contributed by atoms with Gasteiger partial charge in [0.2, 0.25) is 0 Å². The number of carbonyl (C=O) groups is 2. The first kappa shape index (κ1) is 18.2. The van der Waals surface area contributed by atoms with Gasteiger partial charge in [0.15, 0.2) is 0 Å². The maximum absolute atomic E-state index is 11.4. The molecule has 0 amide bonds. The van der Waals surface area contributed by atoms with Crippen molar-refractivity contribution in [1.29, 1.82) is 0 Å². The number of carbonyl (C=O) groups excluding carboxylic acids is 1. The third kappa shape index (κ3) is 6.31. The minimum absolute atomic E-state index is 0.293. The minimum Gasteiger partial charge on any atom is -0.477 e. The molecule has 0 aromatic carbocycles. The smallest absolute Gasteiger partial charge is 0.350 e. The van der Waals surface area contributed by atoms with Gasteiger partial charge < -0.3 is 9.84 Å². The van der Waals surface area contributed by atoms with Gasteiger partial charge in [0.05, 0.1) is 22.4 Å². The predicted octanol–water partition coefficient (Wildman–Crippen LogP) is 3.56. The summed E-state index contributed by atoms with van der Waals surface area (Å²) in [4.78, 5) is 30.2. The molecule has 0 atom stereocenters. The van der Waals surface area contributed by atoms with Crippen LogP contribution in [0.4, 0.5) is 0 Å². The lowest BCUT2D eigenvalue weighted by atomic mass is 10.2. The van der Waals surface area contributed by atoms with E-state index in [9.17, 15) is 9.59 Å². The molecule has 0 bridgehead atoms. The first-order chi connectivity index (χ1) is 10.1. The van der Waals surface area contributed by atoms with Crippen molar-refractivity contribution in [1.82, 2.24) is 9.97 Å². The van der Waals surface area contributed by atoms with Crippen LogP contribution in [0.15, 0.2) is 12.4 Å². The van der Waals surface area contributed by atoms with Gasteiger partial charge in [-0.2, -0.15) is 0 Å². The monoisotopic (exact) mass is 342 g/mol. The fourth-order valence-corrected chi connectivity index (χ4v) is 2.51. The average Bonchev–Trinajstić information content (AvgIpc) is 2.96. The SMILES string of the molecule is Cc1ncc(C(=O)O)s1.Cc1ncc(C(=O)OC(C)(C)C)s1. The molecule has 0 aliphatic heterocycles. The number of aromatic carboxylic acids is 1. The molecular weight excluding hydrogens is 324 g/mol. The third-order valence-electron chi connectivity index (χ3n) is 2.05. The molecule has 2 aromatic rings. The van der Waals surface area contributed by atoms with E-state index < -0.39 is 11.6 Å². The Hall–Kier alpha value is -1.80. The Morgan fingerprint density at radius 3 is 1.77 bits per heavy atom. The molecule has 2 aromatic heterocycles. The molecule has 0 aliphatic carbocycles. The molecule has 2 heterocycles. The molecule has 0 saturated carbocycles. The number of hydrogen-bond donors (Lipinski definition) is 1. The summed E-state index contributed by atoms with van der Waals surface area (Å²) < 4.78 is 5.17. The zero-order chi connectivity index (χ0) is 16.9. The van der Waals surface area contributed by atoms with Gasteiger partial charge in [0.1, 0.15) is 15.4 Å². The Morgan fingerprint density at radius 1 is 1.05 bits per heavy atom. The maximum Gasteiger partial charge on any atom is 0.350 e. The number of ether oxygens (including phenoxy) is 1. The van der Waals surface area contributed by atoms with Gasteiger partial charge in [0, 0.05) is 0 Å². The molecular formula is C14H18N2O4S2. The Kier molecular flexibility index (Phi) is 6.19. The van der Waals surface area contributed by atoms with E-state index in [-0.39, 0.29) is 5.97 Å². The maximum atomic E-state index is 11.4. The lowest BCUT2D eigenvalue weighted by Crippen LogP contribution is -2.23. The second-order valence-electron chi connectivity index (χ2n) is 5.29. The van der Waals surface area contributed by atoms with Gasteiger partial charge >= 0.3 is 11.9 Å². The van der Waals surface area contributed by atoms with Crippen molar-refractivity contribution in [2.24, 2.45) is 0 Å². The van der Waals surface area contributed by atoms with E-state index in [0.29, 0.717) is 9.75 Å². The quantitative estimate of drug-likeness (QED) is 0.839. The summed E-state index contributed by atoms with van der Waals surface area (Å²) in [6.07, 6.45) is 2.91. The molecule has 0 spiro atoms. The Labute approximate surface area is 136 Å². The van der Waals surface area contributed by atoms with Crippen molar-refractivity contribution in [3.63, 3.8) is 0 Å². The van der Waals surface area contributed by atoms with Crippen LogP contribution in [0.25, 0.3) is 0 Å². The topological polar surface area (TPSA) is 89.4 Å². The number of thiazole rings is 2. The van der Waals surface area contributed by atoms with Gasteiger partial charge in [-0.3, -0.25) is 0 Å². The summed E-state index contributed by atoms with van der Waals surface area (Å²) >= 11 is 2.54. The van der Waals surface area contributed by atoms with E-state index in [4.69, 9.17) is 9.84 Å². The van der Waals surface area contributed by atoms with Crippen LogP contribution < -0.4 is 0 Å². The van der Waals surface area contributed by atoms with Crippen LogP contribution in [-0.2, 0) is 4.74 Å². The number of aryl methyl sites for hydroxylation is 2. The van der Waals surface area contributed by atoms with Gasteiger partial charge in [0.25, 0.3) is 0 Å². The molecule has 22 heavy (non-hydrogen) atoms. The van der Waals surface area contributed by atoms with Gasteiger partial charge in [-0.15, -0.1) is 22.7 Å². The van der Waals surface area contributed by atoms with E-state index in [1.165, 1.54) is 28.9 Å². The van der Waals surface area contributed by atoms with Crippen LogP contribution in [-0.4, -0.2) is 32.6 Å². The lowest BCUT2D eigenvalue weighted by molar-refractivity contribution is 0.00747. The van der Waals surface area contributed by atoms with Crippen LogP contribution >= 0.6 is 22.7 Å². The molecule has 0 saturated heterocycles. The number of esters is 1. The largest absolute Gasteiger partial charge is 0.477 e. The normalized spacial score (nSPS) is 10.6. The van der Waals surface area contributed by atoms with Crippen LogP contribution in [0.2, 0.25) is 0 Å². The highest BCUT2D eigenvalue weighted by Gasteiger charge is 2.19. The highest BCUT2D eigenvalue weighted by molar-refractivity contribution is 7.13. The van der Waals surface area contributed by atoms with Crippen molar-refractivity contribution < 1.29 is 19.4 Å². The lowest BCUT2D eigenvalue weighted by Gasteiger charge is -2.18. The average molecular weight is 342 g/mol. The van der Waals surface area contributed by atoms with Gasteiger partial charge in [-0.1, -0.05) is 0 Å². The molecule has 0 fully saturated rings. The van der Waals surface area contributed by atoms with Crippen molar-refractivity contribution in [3.05, 3.63) is 32.2 Å². The van der Waals surface area contributed by atoms with E-state index in [0.717, 1.165) is 10.0 Å². The van der Waals surface area contributed by atoms with Gasteiger partial charge in [-0.25, -0.2) is 19.6 Å². The highest BCUT2D eigenvalue weighted by Crippen LogP contribution is 2.16. The van der Waals surface area contributed by atoms with Crippen molar-refractivity contribution >= 4 is 34.6 Å². The second-order valence-corrected chi connectivity index (χ2v) is 7.76. The fraction of sp³-hybridized carbons (Fsp3) is 0.429. The van der Waals surface area contributed by atoms with Crippen LogP contribution in [0.5, 0.6) is 0 Å². The fourth-order valence-electron chi connectivity index (χ4n) is 1.24. The van der Waals surface area contributed by atoms with E-state index in [1.54, 1.807) is 13.1 Å². The number of hydrogen-bond acceptors (Lipinski definition) is 7. The van der Waals surface area contributed by atoms with E-state index in [2.05, 4.69) is 9.97 Å². The number of rotatable bonds is 2. The Balaban J connectivity index is 0.000000235. The standard InChI is InChI=1S/C9H13NO2S.C5H5NO2S/c1-6-10-5-7(13-6)8(11)12-9(2,3)4;1-3-6-2-4(9-3)5(7)8/h5H,1-4H3;2H,1H3,(H,7,8). The molecule has 6 nitrogen and oxygen atoms in total. The van der Waals surface area contributed by atoms with Crippen molar-refractivity contribution in [2.75, 3.05) is 0 Å². The summed E-state index contributed by atoms with van der Waals surface area (Å²) in [5.74, 6) is -1.20. The molecule has 120 valence electrons. The van der Waals surface area contributed by atoms with Crippen LogP contribution in [0.1, 0.15) is 50.1 Å². The highest BCUT2D eigenvalue weighted by atomic mass is 32.1. The molecule has 0 unspecified atom stereocenters. The Morgan fingerprint density at radius 2 is 1.50 bits per heavy atom. The molecule has 8 heteroatoms. The summed E-state index contributed by atoms with van der Waals surface area (Å²) in [7, 11) is 0. The molecule has 0 radical (unpaired) electrons. The minimum atomic E-state index is -0.902. The van der Waals surface area contributed by atoms with Crippen molar-refractivity contribution in [2.45, 2.75) is 40.2 Å². The van der Waals surface area contributed by atoms with Crippen molar-refractivity contribution in [3.8, 4) is 0 Å². The van der Waals surface area contributed by atoms with E-state index in [1.807, 2.05) is 27.7 Å². The van der Waals surface area contributed by atoms with Crippen LogP contribution in [0.3, 0.4) is 0 Å². The van der Waals surface area contributed by atoms with Gasteiger partial charge in [-0.05, 0) is 34.6 Å². The summed E-state index contributed by atoms with van der Waals surface area (Å²) in [5.41, 5.74) is -0.436. The van der Waals surface area contributed by atoms with E-state index >= 15 is 0 Å². The first-order valence-electron chi connectivity index (χ1n) is 6.40. The number of aromatic nitrogens is 2. The van der Waals surface area contributed by atoms with Crippen LogP contribution in [0, 0.1) is 13.8 Å². The molecule has 0 aliphatic rings. The number of carboxylic acids is 1. The predicted molar refractivity (Wildman–Crippen MR) is 85.8 cm³/mol. The summed E-state index contributed by atoms with van der Waals surface area (Å²) in [5, 5.41) is 10.0. The zero-order valence-corrected chi connectivity index (χ0v) is 14.7. The number of carboxylic acid groups (broad SMARTS) is 1. The molecule has 2 rings (SSSR count). The second kappa shape index (κ2) is 7.46.